The summed E-state index contributed by atoms with van der Waals surface area (Å²) in [6, 6.07) is 5.53. The second-order valence-electron chi connectivity index (χ2n) is 4.34. The highest BCUT2D eigenvalue weighted by atomic mass is 32.2. The highest BCUT2D eigenvalue weighted by Crippen LogP contribution is 2.20. The van der Waals surface area contributed by atoms with Gasteiger partial charge in [0.15, 0.2) is 0 Å². The van der Waals surface area contributed by atoms with Gasteiger partial charge in [0.25, 0.3) is 0 Å². The Bertz CT molecular complexity index is 720. The van der Waals surface area contributed by atoms with Gasteiger partial charge in [0, 0.05) is 6.54 Å². The van der Waals surface area contributed by atoms with E-state index in [1.807, 2.05) is 6.07 Å². The maximum Gasteiger partial charge on any atom is 0.323 e. The fraction of sp³-hybridized carbons (Fsp3) is 0.250. The number of sulfonamides is 1. The SMILES string of the molecule is N#Cc1ccc(S(=O)(=O)N2CC(=O)NCC2C(=O)O)cc1. The van der Waals surface area contributed by atoms with Crippen LogP contribution in [0, 0.1) is 11.3 Å². The van der Waals surface area contributed by atoms with Crippen LogP contribution in [0.25, 0.3) is 0 Å². The summed E-state index contributed by atoms with van der Waals surface area (Å²) in [6.45, 7) is -0.844. The van der Waals surface area contributed by atoms with E-state index in [0.29, 0.717) is 4.31 Å². The summed E-state index contributed by atoms with van der Waals surface area (Å²) in [7, 11) is -4.13. The number of carbonyl (C=O) groups is 2. The molecule has 2 rings (SSSR count). The number of carbonyl (C=O) groups excluding carboxylic acids is 1. The number of hydrogen-bond acceptors (Lipinski definition) is 5. The minimum Gasteiger partial charge on any atom is -0.480 e. The van der Waals surface area contributed by atoms with E-state index in [1.54, 1.807) is 0 Å². The third kappa shape index (κ3) is 2.86. The van der Waals surface area contributed by atoms with E-state index in [0.717, 1.165) is 0 Å². The molecule has 21 heavy (non-hydrogen) atoms. The zero-order valence-electron chi connectivity index (χ0n) is 10.7. The monoisotopic (exact) mass is 309 g/mol. The van der Waals surface area contributed by atoms with Gasteiger partial charge in [0.1, 0.15) is 6.04 Å². The molecule has 0 radical (unpaired) electrons. The molecule has 1 aromatic rings. The van der Waals surface area contributed by atoms with Crippen molar-refractivity contribution in [2.45, 2.75) is 10.9 Å². The number of rotatable bonds is 3. The van der Waals surface area contributed by atoms with Gasteiger partial charge in [-0.3, -0.25) is 9.59 Å². The molecule has 0 saturated carbocycles. The molecule has 0 aromatic heterocycles. The van der Waals surface area contributed by atoms with Gasteiger partial charge >= 0.3 is 5.97 Å². The first-order valence-electron chi connectivity index (χ1n) is 5.88. The van der Waals surface area contributed by atoms with Gasteiger partial charge in [-0.1, -0.05) is 0 Å². The number of benzene rings is 1. The molecule has 1 amide bonds. The molecule has 1 heterocycles. The Kier molecular flexibility index (Phi) is 3.93. The van der Waals surface area contributed by atoms with Crippen LogP contribution in [0.3, 0.4) is 0 Å². The van der Waals surface area contributed by atoms with Crippen molar-refractivity contribution in [3.05, 3.63) is 29.8 Å². The quantitative estimate of drug-likeness (QED) is 0.747. The predicted octanol–water partition coefficient (Wildman–Crippen LogP) is -0.868. The number of nitriles is 1. The van der Waals surface area contributed by atoms with Crippen LogP contribution in [-0.4, -0.2) is 48.8 Å². The normalized spacial score (nSPS) is 19.6. The van der Waals surface area contributed by atoms with Gasteiger partial charge < -0.3 is 10.4 Å². The summed E-state index contributed by atoms with van der Waals surface area (Å²) >= 11 is 0. The third-order valence-electron chi connectivity index (χ3n) is 3.01. The maximum absolute atomic E-state index is 12.4. The average molecular weight is 309 g/mol. The first kappa shape index (κ1) is 15.0. The largest absolute Gasteiger partial charge is 0.480 e. The Morgan fingerprint density at radius 1 is 1.38 bits per heavy atom. The summed E-state index contributed by atoms with van der Waals surface area (Å²) in [5, 5.41) is 20.1. The highest BCUT2D eigenvalue weighted by Gasteiger charge is 2.40. The van der Waals surface area contributed by atoms with Crippen molar-refractivity contribution in [3.8, 4) is 6.07 Å². The lowest BCUT2D eigenvalue weighted by atomic mass is 10.2. The lowest BCUT2D eigenvalue weighted by Crippen LogP contribution is -2.59. The van der Waals surface area contributed by atoms with Crippen molar-refractivity contribution in [1.82, 2.24) is 9.62 Å². The van der Waals surface area contributed by atoms with Crippen molar-refractivity contribution >= 4 is 21.9 Å². The van der Waals surface area contributed by atoms with E-state index < -0.39 is 34.5 Å². The molecule has 1 unspecified atom stereocenters. The fourth-order valence-corrected chi connectivity index (χ4v) is 3.46. The van der Waals surface area contributed by atoms with Crippen LogP contribution in [0.4, 0.5) is 0 Å². The number of aliphatic carboxylic acids is 1. The first-order valence-corrected chi connectivity index (χ1v) is 7.32. The van der Waals surface area contributed by atoms with Gasteiger partial charge in [-0.25, -0.2) is 8.42 Å². The Hall–Kier alpha value is -2.44. The summed E-state index contributed by atoms with van der Waals surface area (Å²) in [5.41, 5.74) is 0.278. The van der Waals surface area contributed by atoms with Crippen LogP contribution >= 0.6 is 0 Å². The summed E-state index contributed by atoms with van der Waals surface area (Å²) < 4.78 is 25.5. The Labute approximate surface area is 120 Å². The van der Waals surface area contributed by atoms with E-state index in [9.17, 15) is 18.0 Å². The van der Waals surface area contributed by atoms with E-state index in [4.69, 9.17) is 10.4 Å². The molecule has 0 bridgehead atoms. The van der Waals surface area contributed by atoms with Crippen molar-refractivity contribution in [1.29, 1.82) is 5.26 Å². The summed E-state index contributed by atoms with van der Waals surface area (Å²) in [4.78, 5) is 22.4. The lowest BCUT2D eigenvalue weighted by molar-refractivity contribution is -0.143. The Morgan fingerprint density at radius 3 is 2.52 bits per heavy atom. The van der Waals surface area contributed by atoms with E-state index in [-0.39, 0.29) is 17.0 Å². The van der Waals surface area contributed by atoms with E-state index in [2.05, 4.69) is 5.32 Å². The molecule has 1 aliphatic heterocycles. The van der Waals surface area contributed by atoms with Gasteiger partial charge in [-0.2, -0.15) is 9.57 Å². The summed E-state index contributed by atoms with van der Waals surface area (Å²) in [5.74, 6) is -1.91. The number of carboxylic acids is 1. The molecular formula is C12H11N3O5S. The second kappa shape index (κ2) is 5.51. The van der Waals surface area contributed by atoms with Crippen LogP contribution < -0.4 is 5.32 Å². The Morgan fingerprint density at radius 2 is 2.00 bits per heavy atom. The fourth-order valence-electron chi connectivity index (χ4n) is 1.92. The number of piperazine rings is 1. The Balaban J connectivity index is 2.41. The van der Waals surface area contributed by atoms with Crippen molar-refractivity contribution < 1.29 is 23.1 Å². The molecule has 1 fully saturated rings. The van der Waals surface area contributed by atoms with Crippen LogP contribution in [0.15, 0.2) is 29.2 Å². The first-order chi connectivity index (χ1) is 9.86. The van der Waals surface area contributed by atoms with Crippen LogP contribution in [0.1, 0.15) is 5.56 Å². The highest BCUT2D eigenvalue weighted by molar-refractivity contribution is 7.89. The zero-order valence-corrected chi connectivity index (χ0v) is 11.5. The number of nitrogens with zero attached hydrogens (tertiary/aromatic N) is 2. The molecule has 0 aliphatic carbocycles. The number of carboxylic acid groups (broad SMARTS) is 1. The topological polar surface area (TPSA) is 128 Å². The van der Waals surface area contributed by atoms with Crippen molar-refractivity contribution in [2.24, 2.45) is 0 Å². The minimum absolute atomic E-state index is 0.164. The maximum atomic E-state index is 12.4. The number of hydrogen-bond donors (Lipinski definition) is 2. The standard InChI is InChI=1S/C12H11N3O5S/c13-5-8-1-3-9(4-2-8)21(19,20)15-7-11(16)14-6-10(15)12(17)18/h1-4,10H,6-7H2,(H,14,16)(H,17,18). The molecule has 0 spiro atoms. The molecule has 1 saturated heterocycles. The van der Waals surface area contributed by atoms with Crippen LogP contribution in [-0.2, 0) is 19.6 Å². The van der Waals surface area contributed by atoms with Crippen LogP contribution in [0.5, 0.6) is 0 Å². The third-order valence-corrected chi connectivity index (χ3v) is 4.88. The minimum atomic E-state index is -4.13. The van der Waals surface area contributed by atoms with Crippen LogP contribution in [0.2, 0.25) is 0 Å². The molecule has 8 nitrogen and oxygen atoms in total. The van der Waals surface area contributed by atoms with Gasteiger partial charge in [0.2, 0.25) is 15.9 Å². The van der Waals surface area contributed by atoms with Gasteiger partial charge in [-0.05, 0) is 24.3 Å². The van der Waals surface area contributed by atoms with Crippen molar-refractivity contribution in [2.75, 3.05) is 13.1 Å². The predicted molar refractivity (Wildman–Crippen MR) is 69.5 cm³/mol. The molecule has 1 atom stereocenters. The molecule has 1 aromatic carbocycles. The summed E-state index contributed by atoms with van der Waals surface area (Å²) in [6.07, 6.45) is 0. The zero-order chi connectivity index (χ0) is 15.6. The van der Waals surface area contributed by atoms with Gasteiger partial charge in [-0.15, -0.1) is 0 Å². The van der Waals surface area contributed by atoms with E-state index in [1.165, 1.54) is 24.3 Å². The molecule has 2 N–H and O–H groups in total. The molecule has 110 valence electrons. The van der Waals surface area contributed by atoms with Gasteiger partial charge in [0.05, 0.1) is 23.1 Å². The average Bonchev–Trinajstić information content (AvgIpc) is 2.47. The lowest BCUT2D eigenvalue weighted by Gasteiger charge is -2.31. The second-order valence-corrected chi connectivity index (χ2v) is 6.24. The molecule has 1 aliphatic rings. The molecule has 9 heteroatoms. The smallest absolute Gasteiger partial charge is 0.323 e. The number of nitrogens with one attached hydrogen (secondary N) is 1. The number of amides is 1. The van der Waals surface area contributed by atoms with Crippen molar-refractivity contribution in [3.63, 3.8) is 0 Å². The van der Waals surface area contributed by atoms with E-state index >= 15 is 0 Å². The molecular weight excluding hydrogens is 298 g/mol.